The molecular formula is C13H13NOS. The number of carbonyl (C=O) groups excluding carboxylic acids is 1. The predicted molar refractivity (Wildman–Crippen MR) is 66.2 cm³/mol. The van der Waals surface area contributed by atoms with Gasteiger partial charge in [-0.05, 0) is 31.9 Å². The number of hydrogen-bond donors (Lipinski definition) is 0. The number of rotatable bonds is 2. The van der Waals surface area contributed by atoms with E-state index in [2.05, 4.69) is 4.98 Å². The minimum absolute atomic E-state index is 0.0190. The minimum Gasteiger partial charge on any atom is -0.287 e. The van der Waals surface area contributed by atoms with E-state index in [1.54, 1.807) is 0 Å². The van der Waals surface area contributed by atoms with Crippen molar-refractivity contribution in [1.82, 2.24) is 4.98 Å². The van der Waals surface area contributed by atoms with Crippen LogP contribution in [0.3, 0.4) is 0 Å². The number of nitrogens with zero attached hydrogens (tertiary/aromatic N) is 1. The van der Waals surface area contributed by atoms with Gasteiger partial charge < -0.3 is 0 Å². The molecule has 1 aromatic carbocycles. The lowest BCUT2D eigenvalue weighted by Crippen LogP contribution is -2.05. The highest BCUT2D eigenvalue weighted by Gasteiger charge is 2.14. The van der Waals surface area contributed by atoms with Crippen molar-refractivity contribution in [2.45, 2.75) is 20.8 Å². The number of aromatic nitrogens is 1. The summed E-state index contributed by atoms with van der Waals surface area (Å²) in [6.45, 7) is 5.89. The topological polar surface area (TPSA) is 30.0 Å². The highest BCUT2D eigenvalue weighted by molar-refractivity contribution is 7.09. The van der Waals surface area contributed by atoms with Crippen LogP contribution in [-0.2, 0) is 0 Å². The van der Waals surface area contributed by atoms with E-state index >= 15 is 0 Å². The number of thiazole rings is 1. The van der Waals surface area contributed by atoms with E-state index in [1.807, 2.05) is 44.4 Å². The highest BCUT2D eigenvalue weighted by Crippen LogP contribution is 2.18. The van der Waals surface area contributed by atoms with Crippen LogP contribution in [0.2, 0.25) is 0 Å². The van der Waals surface area contributed by atoms with E-state index in [1.165, 1.54) is 11.3 Å². The Balaban J connectivity index is 2.45. The molecular weight excluding hydrogens is 218 g/mol. The molecule has 0 aliphatic heterocycles. The molecule has 0 atom stereocenters. The number of carbonyl (C=O) groups is 1. The van der Waals surface area contributed by atoms with Crippen LogP contribution in [0.4, 0.5) is 0 Å². The molecule has 0 spiro atoms. The minimum atomic E-state index is 0.0190. The van der Waals surface area contributed by atoms with Gasteiger partial charge in [-0.15, -0.1) is 11.3 Å². The molecule has 1 aromatic heterocycles. The van der Waals surface area contributed by atoms with Crippen molar-refractivity contribution < 1.29 is 4.79 Å². The highest BCUT2D eigenvalue weighted by atomic mass is 32.1. The van der Waals surface area contributed by atoms with E-state index in [4.69, 9.17) is 0 Å². The molecule has 3 heteroatoms. The maximum absolute atomic E-state index is 12.2. The van der Waals surface area contributed by atoms with Gasteiger partial charge in [0, 0.05) is 10.9 Å². The largest absolute Gasteiger partial charge is 0.287 e. The summed E-state index contributed by atoms with van der Waals surface area (Å²) >= 11 is 1.51. The zero-order valence-corrected chi connectivity index (χ0v) is 10.4. The van der Waals surface area contributed by atoms with Gasteiger partial charge in [0.2, 0.25) is 5.78 Å². The van der Waals surface area contributed by atoms with Crippen LogP contribution >= 0.6 is 11.3 Å². The van der Waals surface area contributed by atoms with Crippen molar-refractivity contribution in [2.24, 2.45) is 0 Å². The standard InChI is InChI=1S/C13H13NOS/c1-8-5-4-6-11(9(8)2)13(15)12-7-16-10(3)14-12/h4-7H,1-3H3. The SMILES string of the molecule is Cc1nc(C(=O)c2cccc(C)c2C)cs1. The fourth-order valence-electron chi connectivity index (χ4n) is 1.60. The summed E-state index contributed by atoms with van der Waals surface area (Å²) in [5.41, 5.74) is 3.48. The number of hydrogen-bond acceptors (Lipinski definition) is 3. The zero-order valence-electron chi connectivity index (χ0n) is 9.57. The van der Waals surface area contributed by atoms with Crippen molar-refractivity contribution in [3.63, 3.8) is 0 Å². The van der Waals surface area contributed by atoms with Crippen LogP contribution in [0.5, 0.6) is 0 Å². The average Bonchev–Trinajstić information content (AvgIpc) is 2.68. The molecule has 0 N–H and O–H groups in total. The maximum atomic E-state index is 12.2. The first-order valence-corrected chi connectivity index (χ1v) is 6.00. The number of aryl methyl sites for hydroxylation is 2. The van der Waals surface area contributed by atoms with E-state index in [0.29, 0.717) is 5.69 Å². The van der Waals surface area contributed by atoms with Crippen molar-refractivity contribution in [3.05, 3.63) is 51.0 Å². The van der Waals surface area contributed by atoms with Crippen LogP contribution < -0.4 is 0 Å². The first kappa shape index (κ1) is 11.0. The van der Waals surface area contributed by atoms with Crippen molar-refractivity contribution in [1.29, 1.82) is 0 Å². The van der Waals surface area contributed by atoms with Crippen molar-refractivity contribution in [2.75, 3.05) is 0 Å². The van der Waals surface area contributed by atoms with E-state index < -0.39 is 0 Å². The summed E-state index contributed by atoms with van der Waals surface area (Å²) < 4.78 is 0. The lowest BCUT2D eigenvalue weighted by atomic mass is 9.99. The average molecular weight is 231 g/mol. The molecule has 16 heavy (non-hydrogen) atoms. The Morgan fingerprint density at radius 3 is 2.62 bits per heavy atom. The summed E-state index contributed by atoms with van der Waals surface area (Å²) in [6.07, 6.45) is 0. The third-order valence-electron chi connectivity index (χ3n) is 2.70. The summed E-state index contributed by atoms with van der Waals surface area (Å²) in [7, 11) is 0. The van der Waals surface area contributed by atoms with Gasteiger partial charge in [-0.2, -0.15) is 0 Å². The Kier molecular flexibility index (Phi) is 2.88. The van der Waals surface area contributed by atoms with E-state index in [9.17, 15) is 4.79 Å². The van der Waals surface area contributed by atoms with Crippen LogP contribution in [0.25, 0.3) is 0 Å². The predicted octanol–water partition coefficient (Wildman–Crippen LogP) is 3.30. The Morgan fingerprint density at radius 2 is 2.00 bits per heavy atom. The number of benzene rings is 1. The monoisotopic (exact) mass is 231 g/mol. The Labute approximate surface area is 99.0 Å². The number of ketones is 1. The quantitative estimate of drug-likeness (QED) is 0.742. The fraction of sp³-hybridized carbons (Fsp3) is 0.231. The summed E-state index contributed by atoms with van der Waals surface area (Å²) in [5, 5.41) is 2.74. The second kappa shape index (κ2) is 4.18. The van der Waals surface area contributed by atoms with Gasteiger partial charge in [-0.25, -0.2) is 4.98 Å². The molecule has 2 rings (SSSR count). The third-order valence-corrected chi connectivity index (χ3v) is 3.47. The van der Waals surface area contributed by atoms with Crippen LogP contribution in [0, 0.1) is 20.8 Å². The normalized spacial score (nSPS) is 10.4. The molecule has 0 unspecified atom stereocenters. The van der Waals surface area contributed by atoms with Crippen LogP contribution in [0.1, 0.15) is 32.2 Å². The summed E-state index contributed by atoms with van der Waals surface area (Å²) in [6, 6.07) is 5.78. The summed E-state index contributed by atoms with van der Waals surface area (Å²) in [5.74, 6) is 0.0190. The van der Waals surface area contributed by atoms with Gasteiger partial charge >= 0.3 is 0 Å². The maximum Gasteiger partial charge on any atom is 0.212 e. The van der Waals surface area contributed by atoms with Crippen LogP contribution in [-0.4, -0.2) is 10.8 Å². The second-order valence-corrected chi connectivity index (χ2v) is 4.89. The van der Waals surface area contributed by atoms with Gasteiger partial charge in [0.05, 0.1) is 5.01 Å². The lowest BCUT2D eigenvalue weighted by molar-refractivity contribution is 0.103. The van der Waals surface area contributed by atoms with Gasteiger partial charge in [0.15, 0.2) is 0 Å². The molecule has 2 nitrogen and oxygen atoms in total. The molecule has 1 heterocycles. The molecule has 0 saturated carbocycles. The molecule has 0 aliphatic rings. The smallest absolute Gasteiger partial charge is 0.212 e. The Bertz CT molecular complexity index is 543. The second-order valence-electron chi connectivity index (χ2n) is 3.83. The van der Waals surface area contributed by atoms with E-state index in [-0.39, 0.29) is 5.78 Å². The Hall–Kier alpha value is -1.48. The lowest BCUT2D eigenvalue weighted by Gasteiger charge is -2.05. The zero-order chi connectivity index (χ0) is 11.7. The van der Waals surface area contributed by atoms with E-state index in [0.717, 1.165) is 21.7 Å². The molecule has 0 bridgehead atoms. The van der Waals surface area contributed by atoms with Crippen molar-refractivity contribution in [3.8, 4) is 0 Å². The third kappa shape index (κ3) is 1.91. The first-order valence-electron chi connectivity index (χ1n) is 5.12. The van der Waals surface area contributed by atoms with Gasteiger partial charge in [-0.3, -0.25) is 4.79 Å². The first-order chi connectivity index (χ1) is 7.59. The van der Waals surface area contributed by atoms with Crippen LogP contribution in [0.15, 0.2) is 23.6 Å². The molecule has 2 aromatic rings. The van der Waals surface area contributed by atoms with Gasteiger partial charge in [0.1, 0.15) is 5.69 Å². The van der Waals surface area contributed by atoms with Crippen molar-refractivity contribution >= 4 is 17.1 Å². The molecule has 0 amide bonds. The molecule has 0 radical (unpaired) electrons. The van der Waals surface area contributed by atoms with Gasteiger partial charge in [-0.1, -0.05) is 18.2 Å². The Morgan fingerprint density at radius 1 is 1.25 bits per heavy atom. The molecule has 0 aliphatic carbocycles. The van der Waals surface area contributed by atoms with Gasteiger partial charge in [0.25, 0.3) is 0 Å². The fourth-order valence-corrected chi connectivity index (χ4v) is 2.20. The molecule has 82 valence electrons. The molecule has 0 fully saturated rings. The molecule has 0 saturated heterocycles. The summed E-state index contributed by atoms with van der Waals surface area (Å²) in [4.78, 5) is 16.4.